The number of anilines is 3. The van der Waals surface area contributed by atoms with Gasteiger partial charge in [0, 0.05) is 23.2 Å². The Kier molecular flexibility index (Phi) is 2.95. The summed E-state index contributed by atoms with van der Waals surface area (Å²) < 4.78 is 12.0. The molecule has 1 spiro atoms. The molecule has 2 aliphatic heterocycles. The molecule has 0 unspecified atom stereocenters. The van der Waals surface area contributed by atoms with Crippen LogP contribution in [0.2, 0.25) is 0 Å². The molecule has 2 aromatic heterocycles. The van der Waals surface area contributed by atoms with Crippen molar-refractivity contribution >= 4 is 17.1 Å². The lowest BCUT2D eigenvalue weighted by atomic mass is 9.97. The topological polar surface area (TPSA) is 59.5 Å². The van der Waals surface area contributed by atoms with Gasteiger partial charge in [-0.3, -0.25) is 4.98 Å². The standard InChI is InChI=1S/C21H18N4O2/c1-2-17-20(21(7-8-21)12-26-17)18(3-1)27-19-5-4-14(10-23-19)25-13-24-15-11-22-9-6-16(15)25/h1-6,9-11,24H,7-8,12-13H2. The van der Waals surface area contributed by atoms with E-state index in [9.17, 15) is 0 Å². The highest BCUT2D eigenvalue weighted by Crippen LogP contribution is 2.58. The van der Waals surface area contributed by atoms with E-state index < -0.39 is 0 Å². The van der Waals surface area contributed by atoms with Gasteiger partial charge in [-0.05, 0) is 37.1 Å². The fraction of sp³-hybridized carbons (Fsp3) is 0.238. The molecule has 27 heavy (non-hydrogen) atoms. The van der Waals surface area contributed by atoms with Gasteiger partial charge in [-0.2, -0.15) is 0 Å². The van der Waals surface area contributed by atoms with Gasteiger partial charge in [0.25, 0.3) is 0 Å². The lowest BCUT2D eigenvalue weighted by Crippen LogP contribution is -2.16. The van der Waals surface area contributed by atoms with Gasteiger partial charge in [0.05, 0.1) is 42.7 Å². The number of hydrogen-bond donors (Lipinski definition) is 1. The maximum Gasteiger partial charge on any atom is 0.219 e. The van der Waals surface area contributed by atoms with Crippen LogP contribution in [0.15, 0.2) is 55.0 Å². The zero-order valence-electron chi connectivity index (χ0n) is 14.7. The minimum Gasteiger partial charge on any atom is -0.492 e. The van der Waals surface area contributed by atoms with Crippen molar-refractivity contribution in [2.75, 3.05) is 23.5 Å². The molecule has 1 aromatic carbocycles. The summed E-state index contributed by atoms with van der Waals surface area (Å²) in [6.07, 6.45) is 7.83. The van der Waals surface area contributed by atoms with Gasteiger partial charge in [-0.1, -0.05) is 6.07 Å². The number of nitrogens with one attached hydrogen (secondary N) is 1. The summed E-state index contributed by atoms with van der Waals surface area (Å²) in [4.78, 5) is 10.9. The molecule has 1 saturated carbocycles. The third-order valence-corrected chi connectivity index (χ3v) is 5.64. The number of aromatic nitrogens is 2. The molecule has 3 aliphatic rings. The average Bonchev–Trinajstić information content (AvgIpc) is 3.20. The Morgan fingerprint density at radius 2 is 2.07 bits per heavy atom. The minimum atomic E-state index is 0.171. The van der Waals surface area contributed by atoms with Crippen molar-refractivity contribution in [2.24, 2.45) is 0 Å². The average molecular weight is 358 g/mol. The molecule has 0 saturated heterocycles. The SMILES string of the molecule is c1cc2c(c(Oc3ccc(N4CNc5cnccc54)cn3)c1)C1(CC1)CO2. The van der Waals surface area contributed by atoms with E-state index in [-0.39, 0.29) is 5.41 Å². The molecule has 1 aliphatic carbocycles. The summed E-state index contributed by atoms with van der Waals surface area (Å²) in [6, 6.07) is 12.0. The first-order chi connectivity index (χ1) is 13.3. The van der Waals surface area contributed by atoms with Crippen LogP contribution in [0.5, 0.6) is 17.4 Å². The first-order valence-corrected chi connectivity index (χ1v) is 9.18. The van der Waals surface area contributed by atoms with Gasteiger partial charge in [0.1, 0.15) is 11.5 Å². The van der Waals surface area contributed by atoms with Crippen LogP contribution in [0.3, 0.4) is 0 Å². The number of fused-ring (bicyclic) bond motifs is 3. The van der Waals surface area contributed by atoms with Gasteiger partial charge < -0.3 is 19.7 Å². The highest BCUT2D eigenvalue weighted by Gasteiger charge is 2.52. The summed E-state index contributed by atoms with van der Waals surface area (Å²) in [5.41, 5.74) is 4.54. The Labute approximate surface area is 156 Å². The van der Waals surface area contributed by atoms with Gasteiger partial charge >= 0.3 is 0 Å². The molecule has 4 heterocycles. The zero-order valence-corrected chi connectivity index (χ0v) is 14.7. The van der Waals surface area contributed by atoms with Crippen molar-refractivity contribution in [1.29, 1.82) is 0 Å². The Bertz CT molecular complexity index is 1030. The third-order valence-electron chi connectivity index (χ3n) is 5.64. The highest BCUT2D eigenvalue weighted by atomic mass is 16.5. The Balaban J connectivity index is 1.28. The predicted molar refractivity (Wildman–Crippen MR) is 102 cm³/mol. The quantitative estimate of drug-likeness (QED) is 0.757. The number of nitrogens with zero attached hydrogens (tertiary/aromatic N) is 3. The molecule has 0 radical (unpaired) electrons. The molecule has 3 aromatic rings. The predicted octanol–water partition coefficient (Wildman–Crippen LogP) is 4.21. The zero-order chi connectivity index (χ0) is 17.8. The third kappa shape index (κ3) is 2.26. The number of hydrogen-bond acceptors (Lipinski definition) is 6. The van der Waals surface area contributed by atoms with Crippen LogP contribution in [-0.4, -0.2) is 23.2 Å². The lowest BCUT2D eigenvalue weighted by molar-refractivity contribution is 0.323. The van der Waals surface area contributed by atoms with Crippen LogP contribution in [0.1, 0.15) is 18.4 Å². The van der Waals surface area contributed by atoms with Crippen LogP contribution in [0, 0.1) is 0 Å². The molecule has 0 bridgehead atoms. The smallest absolute Gasteiger partial charge is 0.219 e. The highest BCUT2D eigenvalue weighted by molar-refractivity contribution is 5.80. The molecule has 6 heteroatoms. The van der Waals surface area contributed by atoms with Crippen LogP contribution in [-0.2, 0) is 5.41 Å². The van der Waals surface area contributed by atoms with Gasteiger partial charge in [-0.15, -0.1) is 0 Å². The molecular formula is C21H18N4O2. The van der Waals surface area contributed by atoms with Gasteiger partial charge in [-0.25, -0.2) is 4.98 Å². The van der Waals surface area contributed by atoms with Crippen molar-refractivity contribution < 1.29 is 9.47 Å². The fourth-order valence-electron chi connectivity index (χ4n) is 4.02. The van der Waals surface area contributed by atoms with Gasteiger partial charge in [0.15, 0.2) is 0 Å². The first kappa shape index (κ1) is 14.8. The van der Waals surface area contributed by atoms with E-state index in [2.05, 4.69) is 20.2 Å². The second-order valence-corrected chi connectivity index (χ2v) is 7.31. The molecule has 134 valence electrons. The molecular weight excluding hydrogens is 340 g/mol. The van der Waals surface area contributed by atoms with E-state index in [1.165, 1.54) is 18.4 Å². The lowest BCUT2D eigenvalue weighted by Gasteiger charge is -2.18. The van der Waals surface area contributed by atoms with Crippen LogP contribution < -0.4 is 19.7 Å². The molecule has 6 rings (SSSR count). The second kappa shape index (κ2) is 5.36. The maximum atomic E-state index is 6.15. The summed E-state index contributed by atoms with van der Waals surface area (Å²) in [6.45, 7) is 1.47. The van der Waals surface area contributed by atoms with Crippen LogP contribution >= 0.6 is 0 Å². The van der Waals surface area contributed by atoms with E-state index in [1.54, 1.807) is 6.20 Å². The number of benzene rings is 1. The van der Waals surface area contributed by atoms with Crippen molar-refractivity contribution in [3.63, 3.8) is 0 Å². The van der Waals surface area contributed by atoms with E-state index >= 15 is 0 Å². The largest absolute Gasteiger partial charge is 0.492 e. The van der Waals surface area contributed by atoms with Crippen molar-refractivity contribution in [3.05, 3.63) is 60.6 Å². The second-order valence-electron chi connectivity index (χ2n) is 7.31. The summed E-state index contributed by atoms with van der Waals surface area (Å²) in [7, 11) is 0. The van der Waals surface area contributed by atoms with Crippen molar-refractivity contribution in [2.45, 2.75) is 18.3 Å². The van der Waals surface area contributed by atoms with E-state index in [4.69, 9.17) is 9.47 Å². The van der Waals surface area contributed by atoms with Gasteiger partial charge in [0.2, 0.25) is 5.88 Å². The van der Waals surface area contributed by atoms with E-state index in [0.29, 0.717) is 12.5 Å². The maximum absolute atomic E-state index is 6.15. The van der Waals surface area contributed by atoms with Crippen molar-refractivity contribution in [1.82, 2.24) is 9.97 Å². The van der Waals surface area contributed by atoms with Crippen molar-refractivity contribution in [3.8, 4) is 17.4 Å². The molecule has 0 amide bonds. The number of rotatable bonds is 3. The number of ether oxygens (including phenoxy) is 2. The number of pyridine rings is 2. The first-order valence-electron chi connectivity index (χ1n) is 9.18. The fourth-order valence-corrected chi connectivity index (χ4v) is 4.02. The summed E-state index contributed by atoms with van der Waals surface area (Å²) in [5.74, 6) is 2.41. The summed E-state index contributed by atoms with van der Waals surface area (Å²) >= 11 is 0. The van der Waals surface area contributed by atoms with Crippen LogP contribution in [0.25, 0.3) is 0 Å². The molecule has 1 N–H and O–H groups in total. The minimum absolute atomic E-state index is 0.171. The van der Waals surface area contributed by atoms with Crippen LogP contribution in [0.4, 0.5) is 17.1 Å². The molecule has 1 fully saturated rings. The molecule has 0 atom stereocenters. The Morgan fingerprint density at radius 3 is 2.93 bits per heavy atom. The Hall–Kier alpha value is -3.28. The monoisotopic (exact) mass is 358 g/mol. The summed E-state index contributed by atoms with van der Waals surface area (Å²) in [5, 5.41) is 3.34. The molecule has 6 nitrogen and oxygen atoms in total. The Morgan fingerprint density at radius 1 is 1.11 bits per heavy atom. The van der Waals surface area contributed by atoms with E-state index in [1.807, 2.05) is 48.8 Å². The van der Waals surface area contributed by atoms with E-state index in [0.717, 1.165) is 35.2 Å². The normalized spacial score (nSPS) is 17.9.